The van der Waals surface area contributed by atoms with Crippen molar-refractivity contribution in [3.63, 3.8) is 0 Å². The first-order valence-corrected chi connectivity index (χ1v) is 15.7. The number of carbonyl (C=O) groups is 2. The lowest BCUT2D eigenvalue weighted by atomic mass is 9.47. The zero-order chi connectivity index (χ0) is 26.8. The van der Waals surface area contributed by atoms with E-state index in [0.29, 0.717) is 24.7 Å². The molecular formula is C33H54O4. The van der Waals surface area contributed by atoms with E-state index in [-0.39, 0.29) is 23.9 Å². The van der Waals surface area contributed by atoms with E-state index in [1.54, 1.807) is 5.57 Å². The highest BCUT2D eigenvalue weighted by Gasteiger charge is 2.59. The van der Waals surface area contributed by atoms with Crippen LogP contribution in [0.4, 0.5) is 0 Å². The molecule has 0 aromatic rings. The third-order valence-electron chi connectivity index (χ3n) is 11.6. The van der Waals surface area contributed by atoms with Gasteiger partial charge in [0.1, 0.15) is 6.10 Å². The van der Waals surface area contributed by atoms with Crippen molar-refractivity contribution >= 4 is 11.9 Å². The van der Waals surface area contributed by atoms with E-state index in [1.165, 1.54) is 51.4 Å². The van der Waals surface area contributed by atoms with Gasteiger partial charge >= 0.3 is 11.9 Å². The number of carboxylic acids is 1. The highest BCUT2D eigenvalue weighted by Crippen LogP contribution is 2.67. The summed E-state index contributed by atoms with van der Waals surface area (Å²) in [5.41, 5.74) is 2.35. The van der Waals surface area contributed by atoms with Gasteiger partial charge in [0.05, 0.1) is 0 Å². The Bertz CT molecular complexity index is 845. The zero-order valence-corrected chi connectivity index (χ0v) is 24.4. The van der Waals surface area contributed by atoms with Crippen LogP contribution in [-0.4, -0.2) is 23.1 Å². The molecule has 3 fully saturated rings. The van der Waals surface area contributed by atoms with Crippen molar-refractivity contribution in [1.29, 1.82) is 0 Å². The molecule has 0 saturated heterocycles. The molecule has 0 radical (unpaired) electrons. The molecule has 3 saturated carbocycles. The number of carbonyl (C=O) groups excluding carboxylic acids is 1. The third kappa shape index (κ3) is 6.14. The van der Waals surface area contributed by atoms with Crippen LogP contribution in [0, 0.1) is 46.3 Å². The van der Waals surface area contributed by atoms with Gasteiger partial charge in [-0.3, -0.25) is 9.59 Å². The van der Waals surface area contributed by atoms with Crippen LogP contribution < -0.4 is 0 Å². The van der Waals surface area contributed by atoms with Gasteiger partial charge in [0.25, 0.3) is 0 Å². The normalized spacial score (nSPS) is 37.8. The van der Waals surface area contributed by atoms with E-state index in [2.05, 4.69) is 40.7 Å². The minimum Gasteiger partial charge on any atom is -0.481 e. The number of esters is 1. The topological polar surface area (TPSA) is 63.6 Å². The molecule has 0 aliphatic heterocycles. The number of unbranched alkanes of at least 4 members (excludes halogenated alkanes) is 1. The summed E-state index contributed by atoms with van der Waals surface area (Å²) in [5.74, 6) is 4.11. The van der Waals surface area contributed by atoms with Crippen molar-refractivity contribution < 1.29 is 19.4 Å². The maximum absolute atomic E-state index is 12.4. The highest BCUT2D eigenvalue weighted by molar-refractivity contribution is 5.70. The first-order chi connectivity index (χ1) is 17.5. The monoisotopic (exact) mass is 514 g/mol. The van der Waals surface area contributed by atoms with Crippen LogP contribution in [-0.2, 0) is 14.3 Å². The Morgan fingerprint density at radius 3 is 2.46 bits per heavy atom. The summed E-state index contributed by atoms with van der Waals surface area (Å²) < 4.78 is 5.87. The Balaban J connectivity index is 1.35. The van der Waals surface area contributed by atoms with Crippen molar-refractivity contribution in [2.45, 2.75) is 137 Å². The third-order valence-corrected chi connectivity index (χ3v) is 11.6. The van der Waals surface area contributed by atoms with Gasteiger partial charge in [-0.15, -0.1) is 0 Å². The molecular weight excluding hydrogens is 460 g/mol. The van der Waals surface area contributed by atoms with Crippen molar-refractivity contribution in [3.05, 3.63) is 11.6 Å². The minimum atomic E-state index is -0.797. The molecule has 37 heavy (non-hydrogen) atoms. The van der Waals surface area contributed by atoms with Crippen LogP contribution in [0.25, 0.3) is 0 Å². The summed E-state index contributed by atoms with van der Waals surface area (Å²) in [6, 6.07) is 0. The molecule has 0 spiro atoms. The van der Waals surface area contributed by atoms with E-state index in [0.717, 1.165) is 54.8 Å². The molecule has 1 unspecified atom stereocenters. The molecule has 0 aromatic heterocycles. The van der Waals surface area contributed by atoms with Gasteiger partial charge < -0.3 is 9.84 Å². The lowest BCUT2D eigenvalue weighted by Crippen LogP contribution is -2.51. The summed E-state index contributed by atoms with van der Waals surface area (Å²) in [7, 11) is 0. The number of aliphatic carboxylic acids is 1. The summed E-state index contributed by atoms with van der Waals surface area (Å²) >= 11 is 0. The molecule has 0 heterocycles. The standard InChI is InChI=1S/C33H54O4/c1-22(2)9-8-10-23(3)27-15-16-28-26-14-13-24-21-25(37-31(36)12-7-6-11-30(34)35)17-19-32(24,4)29(26)18-20-33(27,28)5/h13,22-23,25-29H,6-12,14-21H2,1-5H3,(H,34,35)/t23-,25+,26?,27-,28+,29+,32+,33-/m1/s1. The predicted molar refractivity (Wildman–Crippen MR) is 149 cm³/mol. The fourth-order valence-electron chi connectivity index (χ4n) is 9.54. The molecule has 4 aliphatic rings. The van der Waals surface area contributed by atoms with E-state index < -0.39 is 5.97 Å². The number of hydrogen-bond donors (Lipinski definition) is 1. The predicted octanol–water partition coefficient (Wildman–Crippen LogP) is 8.58. The maximum Gasteiger partial charge on any atom is 0.306 e. The molecule has 4 rings (SSSR count). The fraction of sp³-hybridized carbons (Fsp3) is 0.879. The lowest BCUT2D eigenvalue weighted by molar-refractivity contribution is -0.152. The quantitative estimate of drug-likeness (QED) is 0.170. The second kappa shape index (κ2) is 11.8. The fourth-order valence-corrected chi connectivity index (χ4v) is 9.54. The van der Waals surface area contributed by atoms with Crippen LogP contribution in [0.2, 0.25) is 0 Å². The number of allylic oxidation sites excluding steroid dienone is 1. The van der Waals surface area contributed by atoms with E-state index in [1.807, 2.05) is 0 Å². The lowest BCUT2D eigenvalue weighted by Gasteiger charge is -2.58. The molecule has 0 aromatic carbocycles. The molecule has 1 N–H and O–H groups in total. The number of carboxylic acid groups (broad SMARTS) is 1. The Morgan fingerprint density at radius 1 is 0.973 bits per heavy atom. The molecule has 0 bridgehead atoms. The second-order valence-electron chi connectivity index (χ2n) is 14.2. The smallest absolute Gasteiger partial charge is 0.306 e. The van der Waals surface area contributed by atoms with Crippen LogP contribution in [0.5, 0.6) is 0 Å². The van der Waals surface area contributed by atoms with Crippen molar-refractivity contribution in [3.8, 4) is 0 Å². The molecule has 4 aliphatic carbocycles. The number of ether oxygens (including phenoxy) is 1. The van der Waals surface area contributed by atoms with Gasteiger partial charge in [-0.1, -0.05) is 65.5 Å². The van der Waals surface area contributed by atoms with Gasteiger partial charge in [0, 0.05) is 19.3 Å². The second-order valence-corrected chi connectivity index (χ2v) is 14.2. The molecule has 210 valence electrons. The Labute approximate surface area is 226 Å². The average Bonchev–Trinajstić information content (AvgIpc) is 3.19. The highest BCUT2D eigenvalue weighted by atomic mass is 16.5. The Hall–Kier alpha value is -1.32. The van der Waals surface area contributed by atoms with E-state index in [9.17, 15) is 9.59 Å². The Morgan fingerprint density at radius 2 is 1.73 bits per heavy atom. The molecule has 4 heteroatoms. The van der Waals surface area contributed by atoms with E-state index in [4.69, 9.17) is 9.84 Å². The van der Waals surface area contributed by atoms with Crippen LogP contribution >= 0.6 is 0 Å². The molecule has 0 amide bonds. The van der Waals surface area contributed by atoms with Gasteiger partial charge in [-0.2, -0.15) is 0 Å². The van der Waals surface area contributed by atoms with Gasteiger partial charge in [0.15, 0.2) is 0 Å². The first kappa shape index (κ1) is 28.7. The summed E-state index contributed by atoms with van der Waals surface area (Å²) in [5, 5.41) is 8.78. The number of fused-ring (bicyclic) bond motifs is 5. The zero-order valence-electron chi connectivity index (χ0n) is 24.4. The maximum atomic E-state index is 12.4. The van der Waals surface area contributed by atoms with E-state index >= 15 is 0 Å². The number of rotatable bonds is 11. The van der Waals surface area contributed by atoms with Crippen molar-refractivity contribution in [2.24, 2.45) is 46.3 Å². The summed E-state index contributed by atoms with van der Waals surface area (Å²) in [6.07, 6.45) is 18.2. The summed E-state index contributed by atoms with van der Waals surface area (Å²) in [6.45, 7) is 12.5. The minimum absolute atomic E-state index is 0.000690. The van der Waals surface area contributed by atoms with Crippen LogP contribution in [0.1, 0.15) is 131 Å². The molecule has 4 nitrogen and oxygen atoms in total. The largest absolute Gasteiger partial charge is 0.481 e. The van der Waals surface area contributed by atoms with Gasteiger partial charge in [-0.05, 0) is 104 Å². The summed E-state index contributed by atoms with van der Waals surface area (Å²) in [4.78, 5) is 23.1. The average molecular weight is 515 g/mol. The number of hydrogen-bond acceptors (Lipinski definition) is 3. The van der Waals surface area contributed by atoms with Crippen LogP contribution in [0.15, 0.2) is 11.6 Å². The van der Waals surface area contributed by atoms with Crippen LogP contribution in [0.3, 0.4) is 0 Å². The first-order valence-electron chi connectivity index (χ1n) is 15.7. The Kier molecular flexibility index (Phi) is 9.17. The van der Waals surface area contributed by atoms with Crippen molar-refractivity contribution in [1.82, 2.24) is 0 Å². The van der Waals surface area contributed by atoms with Gasteiger partial charge in [-0.25, -0.2) is 0 Å². The SMILES string of the molecule is CC(C)CCC[C@@H](C)[C@H]1CC[C@H]2C3CC=C4C[C@@H](OC(=O)CCCCC(=O)O)CC[C@]4(C)[C@H]3CC[C@]12C. The van der Waals surface area contributed by atoms with Gasteiger partial charge in [0.2, 0.25) is 0 Å². The van der Waals surface area contributed by atoms with Crippen molar-refractivity contribution in [2.75, 3.05) is 0 Å². The molecule has 8 atom stereocenters.